The molecule has 2 aliphatic rings. The van der Waals surface area contributed by atoms with E-state index >= 15 is 0 Å². The maximum absolute atomic E-state index is 10.3. The Morgan fingerprint density at radius 1 is 1.23 bits per heavy atom. The van der Waals surface area contributed by atoms with Gasteiger partial charge in [-0.2, -0.15) is 0 Å². The van der Waals surface area contributed by atoms with E-state index in [0.29, 0.717) is 30.2 Å². The lowest BCUT2D eigenvalue weighted by atomic mass is 9.88. The van der Waals surface area contributed by atoms with Gasteiger partial charge in [-0.25, -0.2) is 0 Å². The molecule has 30 heavy (non-hydrogen) atoms. The van der Waals surface area contributed by atoms with Crippen molar-refractivity contribution in [1.82, 2.24) is 0 Å². The maximum atomic E-state index is 10.3. The van der Waals surface area contributed by atoms with E-state index in [1.54, 1.807) is 0 Å². The Balaban J connectivity index is 1.68. The van der Waals surface area contributed by atoms with Gasteiger partial charge in [0.25, 0.3) is 0 Å². The molecule has 160 valence electrons. The molecule has 6 heteroatoms. The molecule has 1 saturated heterocycles. The van der Waals surface area contributed by atoms with Crippen molar-refractivity contribution in [1.29, 1.82) is 0 Å². The number of aliphatic hydroxyl groups is 3. The Kier molecular flexibility index (Phi) is 6.19. The molecule has 0 radical (unpaired) electrons. The SMILES string of the molecule is C=C(C)c1ccc(Cc2cc(C3CC(O)C(O)C(CO)O3)c3c(c2Cl)OCC3)cc1. The Hall–Kier alpha value is -1.89. The van der Waals surface area contributed by atoms with Crippen LogP contribution in [0.15, 0.2) is 36.9 Å². The fourth-order valence-corrected chi connectivity index (χ4v) is 4.55. The topological polar surface area (TPSA) is 79.2 Å². The number of allylic oxidation sites excluding steroid dienone is 1. The van der Waals surface area contributed by atoms with Crippen LogP contribution in [0.2, 0.25) is 5.02 Å². The molecule has 0 spiro atoms. The molecule has 0 aliphatic carbocycles. The van der Waals surface area contributed by atoms with Crippen molar-refractivity contribution in [3.8, 4) is 5.75 Å². The van der Waals surface area contributed by atoms with E-state index in [9.17, 15) is 15.3 Å². The zero-order chi connectivity index (χ0) is 21.4. The number of rotatable bonds is 5. The summed E-state index contributed by atoms with van der Waals surface area (Å²) < 4.78 is 11.8. The Bertz CT molecular complexity index is 940. The second-order valence-corrected chi connectivity index (χ2v) is 8.52. The predicted molar refractivity (Wildman–Crippen MR) is 116 cm³/mol. The molecule has 0 saturated carbocycles. The zero-order valence-corrected chi connectivity index (χ0v) is 17.7. The third kappa shape index (κ3) is 4.01. The van der Waals surface area contributed by atoms with Crippen LogP contribution in [0, 0.1) is 0 Å². The second-order valence-electron chi connectivity index (χ2n) is 8.14. The molecule has 3 N–H and O–H groups in total. The van der Waals surface area contributed by atoms with Crippen molar-refractivity contribution in [2.24, 2.45) is 0 Å². The molecule has 0 bridgehead atoms. The first kappa shape index (κ1) is 21.3. The van der Waals surface area contributed by atoms with Crippen molar-refractivity contribution in [2.75, 3.05) is 13.2 Å². The summed E-state index contributed by atoms with van der Waals surface area (Å²) in [6, 6.07) is 10.2. The van der Waals surface area contributed by atoms with Crippen LogP contribution in [-0.4, -0.2) is 46.8 Å². The highest BCUT2D eigenvalue weighted by Gasteiger charge is 2.39. The van der Waals surface area contributed by atoms with Crippen LogP contribution < -0.4 is 4.74 Å². The van der Waals surface area contributed by atoms with E-state index < -0.39 is 24.4 Å². The van der Waals surface area contributed by atoms with Crippen LogP contribution in [0.4, 0.5) is 0 Å². The van der Waals surface area contributed by atoms with Gasteiger partial charge in [0.05, 0.1) is 30.4 Å². The van der Waals surface area contributed by atoms with E-state index in [-0.39, 0.29) is 13.0 Å². The van der Waals surface area contributed by atoms with Crippen LogP contribution in [0.1, 0.15) is 47.3 Å². The quantitative estimate of drug-likeness (QED) is 0.677. The molecule has 1 fully saturated rings. The first-order valence-electron chi connectivity index (χ1n) is 10.2. The highest BCUT2D eigenvalue weighted by Crippen LogP contribution is 2.44. The predicted octanol–water partition coefficient (Wildman–Crippen LogP) is 3.44. The first-order valence-corrected chi connectivity index (χ1v) is 10.6. The number of fused-ring (bicyclic) bond motifs is 1. The van der Waals surface area contributed by atoms with Crippen LogP contribution in [-0.2, 0) is 17.6 Å². The highest BCUT2D eigenvalue weighted by molar-refractivity contribution is 6.33. The molecule has 2 heterocycles. The maximum Gasteiger partial charge on any atom is 0.141 e. The molecule has 2 aromatic carbocycles. The smallest absolute Gasteiger partial charge is 0.141 e. The lowest BCUT2D eigenvalue weighted by Crippen LogP contribution is -2.47. The number of hydrogen-bond acceptors (Lipinski definition) is 5. The van der Waals surface area contributed by atoms with E-state index in [1.165, 1.54) is 0 Å². The average molecular weight is 431 g/mol. The van der Waals surface area contributed by atoms with Crippen molar-refractivity contribution in [2.45, 2.75) is 50.6 Å². The summed E-state index contributed by atoms with van der Waals surface area (Å²) in [7, 11) is 0. The van der Waals surface area contributed by atoms with Gasteiger partial charge < -0.3 is 24.8 Å². The molecule has 4 unspecified atom stereocenters. The van der Waals surface area contributed by atoms with Crippen molar-refractivity contribution in [3.05, 3.63) is 69.8 Å². The lowest BCUT2D eigenvalue weighted by molar-refractivity contribution is -0.181. The molecule has 0 aromatic heterocycles. The molecule has 2 aliphatic heterocycles. The van der Waals surface area contributed by atoms with Gasteiger partial charge in [0.15, 0.2) is 0 Å². The average Bonchev–Trinajstić information content (AvgIpc) is 3.23. The molecule has 2 aromatic rings. The number of halogens is 1. The Morgan fingerprint density at radius 3 is 2.63 bits per heavy atom. The van der Waals surface area contributed by atoms with Crippen molar-refractivity contribution in [3.63, 3.8) is 0 Å². The van der Waals surface area contributed by atoms with Gasteiger partial charge in [-0.15, -0.1) is 0 Å². The summed E-state index contributed by atoms with van der Waals surface area (Å²) in [5, 5.41) is 30.5. The van der Waals surface area contributed by atoms with Crippen LogP contribution in [0.25, 0.3) is 5.57 Å². The minimum Gasteiger partial charge on any atom is -0.491 e. The monoisotopic (exact) mass is 430 g/mol. The Labute approximate surface area is 181 Å². The van der Waals surface area contributed by atoms with Gasteiger partial charge in [-0.1, -0.05) is 54.1 Å². The minimum absolute atomic E-state index is 0.248. The number of aliphatic hydroxyl groups excluding tert-OH is 3. The van der Waals surface area contributed by atoms with Crippen LogP contribution in [0.3, 0.4) is 0 Å². The summed E-state index contributed by atoms with van der Waals surface area (Å²) in [6.07, 6.45) is -1.76. The molecule has 4 rings (SSSR count). The Morgan fingerprint density at radius 2 is 1.97 bits per heavy atom. The standard InChI is InChI=1S/C24H27ClO5/c1-13(2)15-5-3-14(4-6-15)9-16-10-18(17-7-8-29-24(17)22(16)25)20-11-19(27)23(28)21(12-26)30-20/h3-6,10,19-21,23,26-28H,1,7-9,11-12H2,2H3. The third-order valence-corrected chi connectivity index (χ3v) is 6.38. The van der Waals surface area contributed by atoms with Crippen molar-refractivity contribution >= 4 is 17.2 Å². The van der Waals surface area contributed by atoms with Crippen LogP contribution >= 0.6 is 11.6 Å². The summed E-state index contributed by atoms with van der Waals surface area (Å²) in [6.45, 7) is 6.13. The van der Waals surface area contributed by atoms with E-state index in [4.69, 9.17) is 21.1 Å². The summed E-state index contributed by atoms with van der Waals surface area (Å²) in [4.78, 5) is 0. The summed E-state index contributed by atoms with van der Waals surface area (Å²) >= 11 is 6.70. The number of benzene rings is 2. The van der Waals surface area contributed by atoms with Gasteiger partial charge >= 0.3 is 0 Å². The van der Waals surface area contributed by atoms with Gasteiger partial charge in [-0.05, 0) is 35.6 Å². The molecule has 5 nitrogen and oxygen atoms in total. The van der Waals surface area contributed by atoms with Crippen LogP contribution in [0.5, 0.6) is 5.75 Å². The van der Waals surface area contributed by atoms with Gasteiger partial charge in [0.2, 0.25) is 0 Å². The minimum atomic E-state index is -1.10. The van der Waals surface area contributed by atoms with E-state index in [1.807, 2.05) is 25.1 Å². The van der Waals surface area contributed by atoms with E-state index in [0.717, 1.165) is 33.4 Å². The highest BCUT2D eigenvalue weighted by atomic mass is 35.5. The second kappa shape index (κ2) is 8.69. The normalized spacial score (nSPS) is 25.6. The van der Waals surface area contributed by atoms with Gasteiger partial charge in [0.1, 0.15) is 18.0 Å². The number of ether oxygens (including phenoxy) is 2. The number of hydrogen-bond donors (Lipinski definition) is 3. The summed E-state index contributed by atoms with van der Waals surface area (Å²) in [5.74, 6) is 0.674. The largest absolute Gasteiger partial charge is 0.491 e. The fraction of sp³-hybridized carbons (Fsp3) is 0.417. The van der Waals surface area contributed by atoms with Gasteiger partial charge in [-0.3, -0.25) is 0 Å². The van der Waals surface area contributed by atoms with E-state index in [2.05, 4.69) is 18.7 Å². The zero-order valence-electron chi connectivity index (χ0n) is 17.0. The third-order valence-electron chi connectivity index (χ3n) is 5.97. The van der Waals surface area contributed by atoms with Crippen molar-refractivity contribution < 1.29 is 24.8 Å². The fourth-order valence-electron chi connectivity index (χ4n) is 4.26. The lowest BCUT2D eigenvalue weighted by Gasteiger charge is -2.37. The molecular weight excluding hydrogens is 404 g/mol. The molecule has 4 atom stereocenters. The summed E-state index contributed by atoms with van der Waals surface area (Å²) in [5.41, 5.74) is 6.03. The van der Waals surface area contributed by atoms with Gasteiger partial charge in [0, 0.05) is 18.4 Å². The molecule has 0 amide bonds. The molecular formula is C24H27ClO5. The first-order chi connectivity index (χ1) is 14.4.